The first kappa shape index (κ1) is 20.5. The van der Waals surface area contributed by atoms with Crippen LogP contribution in [0.15, 0.2) is 60.7 Å². The number of hydrogen-bond donors (Lipinski definition) is 1. The number of nitrogens with one attached hydrogen (secondary N) is 1. The zero-order valence-corrected chi connectivity index (χ0v) is 18.1. The third kappa shape index (κ3) is 4.33. The van der Waals surface area contributed by atoms with Crippen molar-refractivity contribution < 1.29 is 19.0 Å². The molecular formula is C24H21N5O4. The Balaban J connectivity index is 1.25. The molecule has 0 atom stereocenters. The zero-order valence-electron chi connectivity index (χ0n) is 18.1. The van der Waals surface area contributed by atoms with Crippen LogP contribution in [0.2, 0.25) is 0 Å². The van der Waals surface area contributed by atoms with Gasteiger partial charge in [-0.05, 0) is 62.4 Å². The van der Waals surface area contributed by atoms with Gasteiger partial charge in [0.15, 0.2) is 17.3 Å². The molecule has 1 aliphatic heterocycles. The lowest BCUT2D eigenvalue weighted by atomic mass is 10.1. The van der Waals surface area contributed by atoms with Crippen LogP contribution in [0, 0.1) is 13.8 Å². The SMILES string of the molecule is Cc1cc(C)n(-c2ccc(Oc3ccc(NC(=O)c4cccc5c4OCCO5)cc3)nn2)n1. The minimum atomic E-state index is -0.281. The highest BCUT2D eigenvalue weighted by molar-refractivity contribution is 6.06. The first-order valence-electron chi connectivity index (χ1n) is 10.4. The maximum absolute atomic E-state index is 12.7. The number of ether oxygens (including phenoxy) is 3. The van der Waals surface area contributed by atoms with E-state index in [9.17, 15) is 4.79 Å². The van der Waals surface area contributed by atoms with Gasteiger partial charge >= 0.3 is 0 Å². The van der Waals surface area contributed by atoms with Crippen LogP contribution in [0.5, 0.6) is 23.1 Å². The van der Waals surface area contributed by atoms with Crippen molar-refractivity contribution >= 4 is 11.6 Å². The van der Waals surface area contributed by atoms with Crippen LogP contribution in [0.3, 0.4) is 0 Å². The van der Waals surface area contributed by atoms with Gasteiger partial charge in [-0.1, -0.05) is 6.07 Å². The number of aryl methyl sites for hydroxylation is 2. The van der Waals surface area contributed by atoms with E-state index in [0.29, 0.717) is 53.4 Å². The summed E-state index contributed by atoms with van der Waals surface area (Å²) in [6.07, 6.45) is 0. The average Bonchev–Trinajstić information content (AvgIpc) is 3.18. The summed E-state index contributed by atoms with van der Waals surface area (Å²) >= 11 is 0. The summed E-state index contributed by atoms with van der Waals surface area (Å²) in [5, 5.41) is 15.6. The quantitative estimate of drug-likeness (QED) is 0.496. The Morgan fingerprint density at radius 1 is 1.00 bits per heavy atom. The molecule has 0 bridgehead atoms. The summed E-state index contributed by atoms with van der Waals surface area (Å²) in [7, 11) is 0. The van der Waals surface area contributed by atoms with Crippen LogP contribution in [0.25, 0.3) is 5.82 Å². The van der Waals surface area contributed by atoms with Crippen molar-refractivity contribution in [2.75, 3.05) is 18.5 Å². The molecule has 166 valence electrons. The molecule has 0 radical (unpaired) electrons. The molecule has 5 rings (SSSR count). The molecule has 1 aliphatic rings. The summed E-state index contributed by atoms with van der Waals surface area (Å²) < 4.78 is 18.7. The molecule has 33 heavy (non-hydrogen) atoms. The molecule has 0 saturated carbocycles. The highest BCUT2D eigenvalue weighted by atomic mass is 16.6. The minimum absolute atomic E-state index is 0.281. The van der Waals surface area contributed by atoms with Crippen molar-refractivity contribution in [1.82, 2.24) is 20.0 Å². The molecule has 0 spiro atoms. The molecule has 1 N–H and O–H groups in total. The van der Waals surface area contributed by atoms with Crippen LogP contribution in [-0.2, 0) is 0 Å². The maximum Gasteiger partial charge on any atom is 0.259 e. The Labute approximate surface area is 189 Å². The van der Waals surface area contributed by atoms with Crippen molar-refractivity contribution in [2.45, 2.75) is 13.8 Å². The molecule has 0 saturated heterocycles. The topological polar surface area (TPSA) is 100 Å². The first-order chi connectivity index (χ1) is 16.1. The lowest BCUT2D eigenvalue weighted by molar-refractivity contribution is 0.101. The van der Waals surface area contributed by atoms with Gasteiger partial charge in [-0.25, -0.2) is 4.68 Å². The van der Waals surface area contributed by atoms with E-state index in [1.54, 1.807) is 59.3 Å². The van der Waals surface area contributed by atoms with E-state index in [1.807, 2.05) is 19.9 Å². The number of aromatic nitrogens is 4. The number of nitrogens with zero attached hydrogens (tertiary/aromatic N) is 4. The summed E-state index contributed by atoms with van der Waals surface area (Å²) in [4.78, 5) is 12.7. The van der Waals surface area contributed by atoms with Gasteiger partial charge in [0.1, 0.15) is 19.0 Å². The fraction of sp³-hybridized carbons (Fsp3) is 0.167. The van der Waals surface area contributed by atoms with E-state index in [4.69, 9.17) is 14.2 Å². The number of benzene rings is 2. The van der Waals surface area contributed by atoms with Crippen LogP contribution in [-0.4, -0.2) is 39.1 Å². The Hall–Kier alpha value is -4.40. The molecule has 4 aromatic rings. The molecule has 2 aromatic heterocycles. The second-order valence-corrected chi connectivity index (χ2v) is 7.48. The second kappa shape index (κ2) is 8.62. The number of fused-ring (bicyclic) bond motifs is 1. The molecule has 0 unspecified atom stereocenters. The highest BCUT2D eigenvalue weighted by Crippen LogP contribution is 2.34. The summed E-state index contributed by atoms with van der Waals surface area (Å²) in [5.41, 5.74) is 2.93. The van der Waals surface area contributed by atoms with Crippen molar-refractivity contribution in [1.29, 1.82) is 0 Å². The van der Waals surface area contributed by atoms with E-state index in [-0.39, 0.29) is 5.91 Å². The minimum Gasteiger partial charge on any atom is -0.486 e. The Morgan fingerprint density at radius 2 is 1.82 bits per heavy atom. The predicted octanol–water partition coefficient (Wildman–Crippen LogP) is 4.09. The second-order valence-electron chi connectivity index (χ2n) is 7.48. The van der Waals surface area contributed by atoms with E-state index in [2.05, 4.69) is 20.6 Å². The van der Waals surface area contributed by atoms with Crippen LogP contribution >= 0.6 is 0 Å². The number of rotatable bonds is 5. The molecule has 2 aromatic carbocycles. The van der Waals surface area contributed by atoms with Crippen molar-refractivity contribution in [3.8, 4) is 28.9 Å². The average molecular weight is 443 g/mol. The molecule has 1 amide bonds. The number of carbonyl (C=O) groups excluding carboxylic acids is 1. The van der Waals surface area contributed by atoms with Crippen molar-refractivity contribution in [3.63, 3.8) is 0 Å². The fourth-order valence-corrected chi connectivity index (χ4v) is 3.52. The number of para-hydroxylation sites is 1. The standard InChI is InChI=1S/C24H21N5O4/c1-15-14-16(2)29(28-15)21-10-11-22(27-26-21)33-18-8-6-17(7-9-18)25-24(30)19-4-3-5-20-23(19)32-13-12-31-20/h3-11,14H,12-13H2,1-2H3,(H,25,30). The number of anilines is 1. The van der Waals surface area contributed by atoms with Gasteiger partial charge in [0.25, 0.3) is 5.91 Å². The monoisotopic (exact) mass is 443 g/mol. The van der Waals surface area contributed by atoms with Crippen molar-refractivity contribution in [3.05, 3.63) is 77.6 Å². The van der Waals surface area contributed by atoms with Crippen molar-refractivity contribution in [2.24, 2.45) is 0 Å². The van der Waals surface area contributed by atoms with Gasteiger partial charge in [0.05, 0.1) is 11.3 Å². The number of carbonyl (C=O) groups is 1. The third-order valence-corrected chi connectivity index (χ3v) is 5.00. The van der Waals surface area contributed by atoms with Gasteiger partial charge in [0.2, 0.25) is 5.88 Å². The van der Waals surface area contributed by atoms with Gasteiger partial charge in [0, 0.05) is 17.4 Å². The highest BCUT2D eigenvalue weighted by Gasteiger charge is 2.20. The van der Waals surface area contributed by atoms with Gasteiger partial charge < -0.3 is 19.5 Å². The maximum atomic E-state index is 12.7. The van der Waals surface area contributed by atoms with Gasteiger partial charge in [-0.2, -0.15) is 5.10 Å². The lowest BCUT2D eigenvalue weighted by Crippen LogP contribution is -2.20. The van der Waals surface area contributed by atoms with Gasteiger partial charge in [-0.3, -0.25) is 4.79 Å². The largest absolute Gasteiger partial charge is 0.486 e. The summed E-state index contributed by atoms with van der Waals surface area (Å²) in [6, 6.07) is 17.7. The first-order valence-corrected chi connectivity index (χ1v) is 10.4. The lowest BCUT2D eigenvalue weighted by Gasteiger charge is -2.20. The molecular weight excluding hydrogens is 422 g/mol. The fourth-order valence-electron chi connectivity index (χ4n) is 3.52. The molecule has 3 heterocycles. The van der Waals surface area contributed by atoms with E-state index in [1.165, 1.54) is 0 Å². The Morgan fingerprint density at radius 3 is 2.55 bits per heavy atom. The van der Waals surface area contributed by atoms with E-state index in [0.717, 1.165) is 11.4 Å². The molecule has 9 nitrogen and oxygen atoms in total. The number of hydrogen-bond acceptors (Lipinski definition) is 7. The van der Waals surface area contributed by atoms with Crippen LogP contribution < -0.4 is 19.5 Å². The zero-order chi connectivity index (χ0) is 22.8. The molecule has 9 heteroatoms. The summed E-state index contributed by atoms with van der Waals surface area (Å²) in [5.74, 6) is 2.28. The number of amides is 1. The molecule has 0 fully saturated rings. The molecule has 0 aliphatic carbocycles. The normalized spacial score (nSPS) is 12.3. The van der Waals surface area contributed by atoms with Gasteiger partial charge in [-0.15, -0.1) is 10.2 Å². The van der Waals surface area contributed by atoms with Crippen LogP contribution in [0.1, 0.15) is 21.7 Å². The summed E-state index contributed by atoms with van der Waals surface area (Å²) in [6.45, 7) is 4.76. The smallest absolute Gasteiger partial charge is 0.259 e. The Bertz CT molecular complexity index is 1300. The Kier molecular flexibility index (Phi) is 5.35. The predicted molar refractivity (Wildman–Crippen MR) is 121 cm³/mol. The third-order valence-electron chi connectivity index (χ3n) is 5.00. The van der Waals surface area contributed by atoms with E-state index >= 15 is 0 Å². The van der Waals surface area contributed by atoms with E-state index < -0.39 is 0 Å². The van der Waals surface area contributed by atoms with Crippen LogP contribution in [0.4, 0.5) is 5.69 Å².